The lowest BCUT2D eigenvalue weighted by molar-refractivity contribution is -0.131. The topological polar surface area (TPSA) is 17.1 Å². The third-order valence-electron chi connectivity index (χ3n) is 4.47. The third kappa shape index (κ3) is 1.71. The maximum absolute atomic E-state index is 12.1. The van der Waals surface area contributed by atoms with Crippen LogP contribution >= 0.6 is 31.9 Å². The van der Waals surface area contributed by atoms with Crippen LogP contribution in [-0.2, 0) is 4.79 Å². The second-order valence-electron chi connectivity index (χ2n) is 5.16. The highest BCUT2D eigenvalue weighted by Gasteiger charge is 2.54. The van der Waals surface area contributed by atoms with Gasteiger partial charge in [0, 0.05) is 5.41 Å². The van der Waals surface area contributed by atoms with Crippen LogP contribution in [0.3, 0.4) is 0 Å². The number of Topliss-reactive ketones (excluding diaryl/α,β-unsaturated/α-hetero) is 1. The highest BCUT2D eigenvalue weighted by atomic mass is 79.9. The summed E-state index contributed by atoms with van der Waals surface area (Å²) >= 11 is 6.65. The van der Waals surface area contributed by atoms with Gasteiger partial charge in [-0.1, -0.05) is 59.6 Å². The van der Waals surface area contributed by atoms with E-state index in [1.165, 1.54) is 0 Å². The van der Waals surface area contributed by atoms with Crippen LogP contribution in [-0.4, -0.2) is 9.52 Å². The van der Waals surface area contributed by atoms with E-state index in [9.17, 15) is 4.79 Å². The highest BCUT2D eigenvalue weighted by molar-refractivity contribution is 9.25. The molecular weight excluding hydrogens is 308 g/mol. The summed E-state index contributed by atoms with van der Waals surface area (Å²) in [6.07, 6.45) is 2.16. The minimum absolute atomic E-state index is 0.101. The van der Waals surface area contributed by atoms with Crippen molar-refractivity contribution in [2.75, 3.05) is 0 Å². The number of halogens is 2. The van der Waals surface area contributed by atoms with Gasteiger partial charge in [0.15, 0.2) is 5.78 Å². The molecule has 1 fully saturated rings. The molecule has 0 spiro atoms. The minimum atomic E-state index is -0.204. The Balaban J connectivity index is 3.01. The number of carbonyl (C=O) groups excluding carboxylic acids is 1. The Hall–Kier alpha value is 0.630. The smallest absolute Gasteiger partial charge is 0.163 e. The first-order valence-corrected chi connectivity index (χ1v) is 6.89. The molecular formula is C11H18Br2O. The number of rotatable bonds is 2. The van der Waals surface area contributed by atoms with Gasteiger partial charge in [-0.05, 0) is 24.2 Å². The molecule has 0 unspecified atom stereocenters. The second-order valence-corrected chi connectivity index (χ2v) is 8.22. The van der Waals surface area contributed by atoms with Crippen molar-refractivity contribution in [3.05, 3.63) is 0 Å². The quantitative estimate of drug-likeness (QED) is 0.697. The number of hydrogen-bond acceptors (Lipinski definition) is 1. The van der Waals surface area contributed by atoms with E-state index >= 15 is 0 Å². The van der Waals surface area contributed by atoms with Crippen LogP contribution in [0.5, 0.6) is 0 Å². The van der Waals surface area contributed by atoms with E-state index < -0.39 is 0 Å². The highest BCUT2D eigenvalue weighted by Crippen LogP contribution is 2.57. The first-order chi connectivity index (χ1) is 6.23. The Bertz CT molecular complexity index is 248. The van der Waals surface area contributed by atoms with Crippen LogP contribution in [0.25, 0.3) is 0 Å². The van der Waals surface area contributed by atoms with Gasteiger partial charge in [-0.15, -0.1) is 0 Å². The van der Waals surface area contributed by atoms with E-state index in [1.807, 2.05) is 0 Å². The van der Waals surface area contributed by atoms with Crippen molar-refractivity contribution >= 4 is 37.6 Å². The molecule has 0 aromatic rings. The average molecular weight is 326 g/mol. The molecule has 3 heteroatoms. The maximum atomic E-state index is 12.1. The van der Waals surface area contributed by atoms with Crippen LogP contribution in [0.1, 0.15) is 40.5 Å². The van der Waals surface area contributed by atoms with Crippen molar-refractivity contribution in [1.82, 2.24) is 0 Å². The molecule has 1 aliphatic rings. The predicted molar refractivity (Wildman–Crippen MR) is 66.9 cm³/mol. The van der Waals surface area contributed by atoms with Crippen LogP contribution in [0.15, 0.2) is 0 Å². The molecule has 0 radical (unpaired) electrons. The van der Waals surface area contributed by atoms with Gasteiger partial charge in [-0.25, -0.2) is 0 Å². The van der Waals surface area contributed by atoms with Crippen molar-refractivity contribution in [3.63, 3.8) is 0 Å². The zero-order valence-electron chi connectivity index (χ0n) is 9.23. The van der Waals surface area contributed by atoms with E-state index in [0.29, 0.717) is 5.92 Å². The molecule has 0 bridgehead atoms. The zero-order valence-corrected chi connectivity index (χ0v) is 12.4. The van der Waals surface area contributed by atoms with Crippen molar-refractivity contribution in [1.29, 1.82) is 0 Å². The Morgan fingerprint density at radius 1 is 1.36 bits per heavy atom. The predicted octanol–water partition coefficient (Wildman–Crippen LogP) is 4.13. The molecule has 0 aliphatic heterocycles. The lowest BCUT2D eigenvalue weighted by atomic mass is 9.64. The fraction of sp³-hybridized carbons (Fsp3) is 0.909. The lowest BCUT2D eigenvalue weighted by Crippen LogP contribution is -2.42. The van der Waals surface area contributed by atoms with Crippen LogP contribution in [0.2, 0.25) is 0 Å². The van der Waals surface area contributed by atoms with E-state index in [2.05, 4.69) is 59.6 Å². The molecule has 0 aromatic heterocycles. The summed E-state index contributed by atoms with van der Waals surface area (Å²) in [5.41, 5.74) is -0.0893. The Labute approximate surface area is 103 Å². The molecule has 1 saturated carbocycles. The Morgan fingerprint density at radius 3 is 2.14 bits per heavy atom. The zero-order chi connectivity index (χ0) is 11.1. The van der Waals surface area contributed by atoms with E-state index in [1.54, 1.807) is 0 Å². The molecule has 0 aromatic carbocycles. The first-order valence-electron chi connectivity index (χ1n) is 5.06. The van der Waals surface area contributed by atoms with E-state index in [-0.39, 0.29) is 20.3 Å². The number of ketones is 1. The Morgan fingerprint density at radius 2 is 1.86 bits per heavy atom. The summed E-state index contributed by atoms with van der Waals surface area (Å²) in [5.74, 6) is 0.905. The summed E-state index contributed by atoms with van der Waals surface area (Å²) in [4.78, 5) is 12.1. The fourth-order valence-corrected chi connectivity index (χ4v) is 3.42. The van der Waals surface area contributed by atoms with E-state index in [0.717, 1.165) is 12.8 Å². The molecule has 0 saturated heterocycles. The van der Waals surface area contributed by atoms with Gasteiger partial charge in [0.25, 0.3) is 0 Å². The first kappa shape index (κ1) is 12.7. The summed E-state index contributed by atoms with van der Waals surface area (Å²) in [7, 11) is 0. The molecule has 0 N–H and O–H groups in total. The molecule has 82 valence electrons. The molecule has 1 rings (SSSR count). The van der Waals surface area contributed by atoms with Gasteiger partial charge in [0.1, 0.15) is 3.74 Å². The SMILES string of the molecule is C[C@H]1CC[C@](C)(C(=O)C(Br)Br)C1(C)C. The van der Waals surface area contributed by atoms with Crippen LogP contribution in [0, 0.1) is 16.7 Å². The van der Waals surface area contributed by atoms with Crippen molar-refractivity contribution in [2.24, 2.45) is 16.7 Å². The standard InChI is InChI=1S/C11H18Br2O/c1-7-5-6-11(4,10(7,2)3)8(14)9(12)13/h7,9H,5-6H2,1-4H3/t7-,11+/m0/s1. The maximum Gasteiger partial charge on any atom is 0.163 e. The molecule has 1 nitrogen and oxygen atoms in total. The monoisotopic (exact) mass is 324 g/mol. The fourth-order valence-electron chi connectivity index (χ4n) is 2.41. The van der Waals surface area contributed by atoms with Gasteiger partial charge in [0.05, 0.1) is 0 Å². The summed E-state index contributed by atoms with van der Waals surface area (Å²) in [5, 5.41) is 0. The van der Waals surface area contributed by atoms with Crippen molar-refractivity contribution in [2.45, 2.75) is 44.3 Å². The number of hydrogen-bond donors (Lipinski definition) is 0. The van der Waals surface area contributed by atoms with Crippen molar-refractivity contribution < 1.29 is 4.79 Å². The number of alkyl halides is 2. The molecule has 14 heavy (non-hydrogen) atoms. The summed E-state index contributed by atoms with van der Waals surface area (Å²) in [6, 6.07) is 0. The van der Waals surface area contributed by atoms with Crippen LogP contribution in [0.4, 0.5) is 0 Å². The van der Waals surface area contributed by atoms with Gasteiger partial charge in [-0.2, -0.15) is 0 Å². The van der Waals surface area contributed by atoms with Gasteiger partial charge in [0.2, 0.25) is 0 Å². The molecule has 0 heterocycles. The Kier molecular flexibility index (Phi) is 3.53. The van der Waals surface area contributed by atoms with E-state index in [4.69, 9.17) is 0 Å². The minimum Gasteiger partial charge on any atom is -0.297 e. The van der Waals surface area contributed by atoms with Gasteiger partial charge in [-0.3, -0.25) is 4.79 Å². The average Bonchev–Trinajstić information content (AvgIpc) is 2.29. The molecule has 2 atom stereocenters. The molecule has 1 aliphatic carbocycles. The number of carbonyl (C=O) groups is 1. The van der Waals surface area contributed by atoms with Crippen molar-refractivity contribution in [3.8, 4) is 0 Å². The third-order valence-corrected chi connectivity index (χ3v) is 5.31. The molecule has 0 amide bonds. The van der Waals surface area contributed by atoms with Gasteiger partial charge < -0.3 is 0 Å². The summed E-state index contributed by atoms with van der Waals surface area (Å²) in [6.45, 7) is 8.78. The largest absolute Gasteiger partial charge is 0.297 e. The lowest BCUT2D eigenvalue weighted by Gasteiger charge is -2.40. The van der Waals surface area contributed by atoms with Crippen LogP contribution < -0.4 is 0 Å². The normalized spacial score (nSPS) is 36.4. The summed E-state index contributed by atoms with van der Waals surface area (Å²) < 4.78 is -0.204. The second kappa shape index (κ2) is 3.89. The van der Waals surface area contributed by atoms with Gasteiger partial charge >= 0.3 is 0 Å².